The summed E-state index contributed by atoms with van der Waals surface area (Å²) in [5, 5.41) is 3.06. The molecule has 1 aliphatic rings. The molecule has 0 aliphatic carbocycles. The molecule has 208 valence electrons. The molecular formula is C31H35N5O4. The van der Waals surface area contributed by atoms with Crippen LogP contribution in [0.5, 0.6) is 11.5 Å². The van der Waals surface area contributed by atoms with Crippen molar-refractivity contribution in [2.24, 2.45) is 0 Å². The van der Waals surface area contributed by atoms with Crippen LogP contribution in [-0.4, -0.2) is 47.2 Å². The van der Waals surface area contributed by atoms with E-state index in [1.54, 1.807) is 24.9 Å². The molecule has 5 rings (SSSR count). The molecule has 2 aromatic heterocycles. The summed E-state index contributed by atoms with van der Waals surface area (Å²) in [6.45, 7) is 5.47. The van der Waals surface area contributed by atoms with Crippen molar-refractivity contribution < 1.29 is 14.3 Å². The molecule has 0 saturated carbocycles. The van der Waals surface area contributed by atoms with Gasteiger partial charge in [0.25, 0.3) is 5.56 Å². The zero-order chi connectivity index (χ0) is 28.2. The maximum absolute atomic E-state index is 13.9. The number of nitrogens with zero attached hydrogens (tertiary/aromatic N) is 4. The lowest BCUT2D eigenvalue weighted by Crippen LogP contribution is -2.43. The highest BCUT2D eigenvalue weighted by Crippen LogP contribution is 2.28. The molecule has 1 amide bonds. The van der Waals surface area contributed by atoms with Gasteiger partial charge >= 0.3 is 0 Å². The largest absolute Gasteiger partial charge is 0.497 e. The molecule has 0 bridgehead atoms. The molecule has 0 spiro atoms. The van der Waals surface area contributed by atoms with Crippen LogP contribution in [0.1, 0.15) is 49.6 Å². The molecule has 1 atom stereocenters. The topological polar surface area (TPSA) is 98.6 Å². The van der Waals surface area contributed by atoms with Gasteiger partial charge in [-0.15, -0.1) is 0 Å². The van der Waals surface area contributed by atoms with Gasteiger partial charge in [0.05, 0.1) is 26.3 Å². The van der Waals surface area contributed by atoms with Crippen molar-refractivity contribution in [3.63, 3.8) is 0 Å². The van der Waals surface area contributed by atoms with E-state index in [4.69, 9.17) is 19.4 Å². The summed E-state index contributed by atoms with van der Waals surface area (Å²) < 4.78 is 12.6. The molecule has 1 aliphatic heterocycles. The van der Waals surface area contributed by atoms with E-state index in [1.807, 2.05) is 73.3 Å². The summed E-state index contributed by atoms with van der Waals surface area (Å²) >= 11 is 0. The van der Waals surface area contributed by atoms with Crippen molar-refractivity contribution in [2.45, 2.75) is 51.7 Å². The Kier molecular flexibility index (Phi) is 8.00. The van der Waals surface area contributed by atoms with E-state index in [-0.39, 0.29) is 35.5 Å². The Morgan fingerprint density at radius 3 is 2.58 bits per heavy atom. The number of methoxy groups -OCH3 is 2. The molecule has 1 fully saturated rings. The highest BCUT2D eigenvalue weighted by Gasteiger charge is 2.32. The van der Waals surface area contributed by atoms with Gasteiger partial charge < -0.3 is 19.7 Å². The number of pyridine rings is 1. The van der Waals surface area contributed by atoms with Crippen LogP contribution in [0.2, 0.25) is 0 Å². The number of benzene rings is 2. The van der Waals surface area contributed by atoms with Gasteiger partial charge in [0.2, 0.25) is 5.91 Å². The molecule has 2 aromatic carbocycles. The third kappa shape index (κ3) is 5.50. The quantitative estimate of drug-likeness (QED) is 0.338. The lowest BCUT2D eigenvalue weighted by molar-refractivity contribution is -0.122. The van der Waals surface area contributed by atoms with E-state index in [9.17, 15) is 9.59 Å². The number of aromatic nitrogens is 3. The van der Waals surface area contributed by atoms with Gasteiger partial charge in [0.15, 0.2) is 5.52 Å². The van der Waals surface area contributed by atoms with Crippen LogP contribution in [0, 0.1) is 0 Å². The van der Waals surface area contributed by atoms with Gasteiger partial charge in [0, 0.05) is 30.6 Å². The van der Waals surface area contributed by atoms with Crippen LogP contribution in [-0.2, 0) is 17.9 Å². The first-order valence-corrected chi connectivity index (χ1v) is 13.6. The summed E-state index contributed by atoms with van der Waals surface area (Å²) in [6, 6.07) is 18.7. The fourth-order valence-electron chi connectivity index (χ4n) is 5.23. The zero-order valence-electron chi connectivity index (χ0n) is 23.4. The number of rotatable bonds is 9. The zero-order valence-corrected chi connectivity index (χ0v) is 23.4. The maximum atomic E-state index is 13.9. The number of hydrogen-bond acceptors (Lipinski definition) is 7. The van der Waals surface area contributed by atoms with Gasteiger partial charge in [-0.2, -0.15) is 0 Å². The second-order valence-corrected chi connectivity index (χ2v) is 10.3. The summed E-state index contributed by atoms with van der Waals surface area (Å²) in [4.78, 5) is 38.7. The first kappa shape index (κ1) is 27.2. The van der Waals surface area contributed by atoms with E-state index >= 15 is 0 Å². The monoisotopic (exact) mass is 541 g/mol. The Bertz CT molecular complexity index is 1570. The maximum Gasteiger partial charge on any atom is 0.280 e. The predicted octanol–water partition coefficient (Wildman–Crippen LogP) is 4.27. The lowest BCUT2D eigenvalue weighted by Gasteiger charge is -2.25. The highest BCUT2D eigenvalue weighted by molar-refractivity contribution is 5.86. The number of carbonyl (C=O) groups excluding carboxylic acids is 1. The SMILES string of the molecule is COc1ccc(Cn2c(C(C)C)nc3ccc(N4CCC[C@@H]4C(=O)NCc4ccccc4)nc3c2=O)c(OC)c1. The first-order valence-electron chi connectivity index (χ1n) is 13.6. The fraction of sp³-hybridized carbons (Fsp3) is 0.355. The van der Waals surface area contributed by atoms with Crippen molar-refractivity contribution in [3.8, 4) is 11.5 Å². The van der Waals surface area contributed by atoms with Crippen molar-refractivity contribution in [1.82, 2.24) is 19.9 Å². The minimum absolute atomic E-state index is 0.0114. The molecule has 40 heavy (non-hydrogen) atoms. The molecular weight excluding hydrogens is 506 g/mol. The van der Waals surface area contributed by atoms with Gasteiger partial charge in [-0.05, 0) is 42.7 Å². The second kappa shape index (κ2) is 11.8. The average Bonchev–Trinajstić information content (AvgIpc) is 3.48. The average molecular weight is 542 g/mol. The molecule has 0 unspecified atom stereocenters. The van der Waals surface area contributed by atoms with Crippen LogP contribution in [0.3, 0.4) is 0 Å². The summed E-state index contributed by atoms with van der Waals surface area (Å²) in [5.74, 6) is 2.55. The Balaban J connectivity index is 1.47. The number of amides is 1. The van der Waals surface area contributed by atoms with Gasteiger partial charge in [-0.3, -0.25) is 14.2 Å². The van der Waals surface area contributed by atoms with Crippen molar-refractivity contribution >= 4 is 22.8 Å². The number of hydrogen-bond donors (Lipinski definition) is 1. The van der Waals surface area contributed by atoms with Crippen LogP contribution in [0.15, 0.2) is 65.5 Å². The molecule has 1 N–H and O–H groups in total. The number of ether oxygens (including phenoxy) is 2. The minimum Gasteiger partial charge on any atom is -0.497 e. The summed E-state index contributed by atoms with van der Waals surface area (Å²) in [7, 11) is 3.20. The number of fused-ring (bicyclic) bond motifs is 1. The van der Waals surface area contributed by atoms with Crippen molar-refractivity contribution in [2.75, 3.05) is 25.7 Å². The van der Waals surface area contributed by atoms with E-state index in [1.165, 1.54) is 0 Å². The standard InChI is InChI=1S/C31H35N5O4/c1-20(2)29-33-24-14-15-27(35-16-8-11-25(35)30(37)32-18-21-9-6-5-7-10-21)34-28(24)31(38)36(29)19-22-12-13-23(39-3)17-26(22)40-4/h5-7,9-10,12-15,17,20,25H,8,11,16,18-19H2,1-4H3,(H,32,37)/t25-/m1/s1. The number of anilines is 1. The molecule has 9 heteroatoms. The van der Waals surface area contributed by atoms with Crippen LogP contribution < -0.4 is 25.2 Å². The molecule has 0 radical (unpaired) electrons. The lowest BCUT2D eigenvalue weighted by atomic mass is 10.1. The molecule has 4 aromatic rings. The van der Waals surface area contributed by atoms with E-state index < -0.39 is 0 Å². The first-order chi connectivity index (χ1) is 19.4. The molecule has 9 nitrogen and oxygen atoms in total. The molecule has 1 saturated heterocycles. The third-order valence-corrected chi connectivity index (χ3v) is 7.32. The van der Waals surface area contributed by atoms with Crippen LogP contribution in [0.25, 0.3) is 11.0 Å². The van der Waals surface area contributed by atoms with E-state index in [0.29, 0.717) is 41.7 Å². The summed E-state index contributed by atoms with van der Waals surface area (Å²) in [6.07, 6.45) is 1.60. The fourth-order valence-corrected chi connectivity index (χ4v) is 5.23. The van der Waals surface area contributed by atoms with E-state index in [2.05, 4.69) is 5.32 Å². The third-order valence-electron chi connectivity index (χ3n) is 7.32. The van der Waals surface area contributed by atoms with Gasteiger partial charge in [0.1, 0.15) is 29.2 Å². The predicted molar refractivity (Wildman–Crippen MR) is 155 cm³/mol. The smallest absolute Gasteiger partial charge is 0.280 e. The Morgan fingerprint density at radius 1 is 1.05 bits per heavy atom. The van der Waals surface area contributed by atoms with Crippen molar-refractivity contribution in [3.05, 3.63) is 88.0 Å². The van der Waals surface area contributed by atoms with Crippen LogP contribution >= 0.6 is 0 Å². The van der Waals surface area contributed by atoms with Crippen LogP contribution in [0.4, 0.5) is 5.82 Å². The molecule has 3 heterocycles. The van der Waals surface area contributed by atoms with Crippen molar-refractivity contribution in [1.29, 1.82) is 0 Å². The summed E-state index contributed by atoms with van der Waals surface area (Å²) in [5.41, 5.74) is 2.48. The minimum atomic E-state index is -0.345. The van der Waals surface area contributed by atoms with Gasteiger partial charge in [-0.1, -0.05) is 44.2 Å². The normalized spacial score (nSPS) is 15.0. The number of nitrogens with one attached hydrogen (secondary N) is 1. The Labute approximate surface area is 233 Å². The second-order valence-electron chi connectivity index (χ2n) is 10.3. The highest BCUT2D eigenvalue weighted by atomic mass is 16.5. The van der Waals surface area contributed by atoms with E-state index in [0.717, 1.165) is 24.0 Å². The van der Waals surface area contributed by atoms with Gasteiger partial charge in [-0.25, -0.2) is 9.97 Å². The Morgan fingerprint density at radius 2 is 1.85 bits per heavy atom. The number of carbonyl (C=O) groups is 1. The Hall–Kier alpha value is -4.40.